The number of anilines is 1. The smallest absolute Gasteiger partial charge is 0.341 e. The fourth-order valence-electron chi connectivity index (χ4n) is 2.69. The van der Waals surface area contributed by atoms with Gasteiger partial charge in [0.25, 0.3) is 5.91 Å². The average Bonchev–Trinajstić information content (AvgIpc) is 2.93. The molecule has 1 fully saturated rings. The Kier molecular flexibility index (Phi) is 6.01. The van der Waals surface area contributed by atoms with E-state index in [4.69, 9.17) is 26.8 Å². The van der Waals surface area contributed by atoms with Crippen LogP contribution >= 0.6 is 24.0 Å². The van der Waals surface area contributed by atoms with Crippen molar-refractivity contribution in [2.45, 2.75) is 6.92 Å². The molecule has 1 amide bonds. The Morgan fingerprint density at radius 3 is 2.71 bits per heavy atom. The summed E-state index contributed by atoms with van der Waals surface area (Å²) in [5.41, 5.74) is 2.26. The minimum absolute atomic E-state index is 0.243. The molecular weight excluding hydrogens is 398 g/mol. The zero-order chi connectivity index (χ0) is 20.3. The van der Waals surface area contributed by atoms with Crippen LogP contribution in [0.25, 0.3) is 6.08 Å². The first-order valence-corrected chi connectivity index (χ1v) is 9.49. The zero-order valence-corrected chi connectivity index (χ0v) is 16.8. The molecule has 0 saturated carbocycles. The zero-order valence-electron chi connectivity index (χ0n) is 15.2. The Labute approximate surface area is 171 Å². The Morgan fingerprint density at radius 2 is 2.04 bits per heavy atom. The number of aliphatic carboxylic acids is 1. The molecule has 144 valence electrons. The maximum atomic E-state index is 12.9. The fourth-order valence-corrected chi connectivity index (χ4v) is 3.98. The highest BCUT2D eigenvalue weighted by Crippen LogP contribution is 2.39. The van der Waals surface area contributed by atoms with Crippen LogP contribution in [0.2, 0.25) is 0 Å². The second-order valence-electron chi connectivity index (χ2n) is 5.92. The van der Waals surface area contributed by atoms with Crippen molar-refractivity contribution in [2.75, 3.05) is 18.6 Å². The number of ether oxygens (including phenoxy) is 2. The summed E-state index contributed by atoms with van der Waals surface area (Å²) in [7, 11) is 1.46. The number of rotatable bonds is 6. The maximum Gasteiger partial charge on any atom is 0.341 e. The molecular formula is C20H17NO5S2. The van der Waals surface area contributed by atoms with Gasteiger partial charge in [0, 0.05) is 5.56 Å². The number of carbonyl (C=O) groups is 2. The molecule has 1 N–H and O–H groups in total. The molecule has 6 nitrogen and oxygen atoms in total. The number of carboxylic acid groups (broad SMARTS) is 1. The summed E-state index contributed by atoms with van der Waals surface area (Å²) >= 11 is 6.58. The number of para-hydroxylation sites is 1. The lowest BCUT2D eigenvalue weighted by Crippen LogP contribution is -2.27. The molecule has 0 atom stereocenters. The van der Waals surface area contributed by atoms with E-state index in [1.165, 1.54) is 23.8 Å². The molecule has 0 spiro atoms. The van der Waals surface area contributed by atoms with Crippen LogP contribution in [0.5, 0.6) is 11.5 Å². The molecule has 0 aromatic heterocycles. The molecule has 0 aliphatic carbocycles. The highest BCUT2D eigenvalue weighted by molar-refractivity contribution is 8.27. The van der Waals surface area contributed by atoms with Crippen LogP contribution < -0.4 is 14.4 Å². The van der Waals surface area contributed by atoms with Crippen molar-refractivity contribution < 1.29 is 24.2 Å². The standard InChI is InChI=1S/C20H17NO5S2/c1-12-5-3-7-14(9-12)21-19(24)16(28-20(21)27)10-13-6-4-8-15(25-2)18(13)26-11-17(22)23/h3-10H,11H2,1-2H3,(H,22,23)/b16-10-. The molecule has 8 heteroatoms. The fraction of sp³-hybridized carbons (Fsp3) is 0.150. The van der Waals surface area contributed by atoms with Gasteiger partial charge in [-0.15, -0.1) is 0 Å². The highest BCUT2D eigenvalue weighted by atomic mass is 32.2. The summed E-state index contributed by atoms with van der Waals surface area (Å²) in [5, 5.41) is 8.91. The van der Waals surface area contributed by atoms with E-state index in [1.54, 1.807) is 24.3 Å². The second kappa shape index (κ2) is 8.45. The molecule has 2 aromatic rings. The van der Waals surface area contributed by atoms with Gasteiger partial charge in [0.2, 0.25) is 0 Å². The van der Waals surface area contributed by atoms with E-state index in [-0.39, 0.29) is 11.7 Å². The summed E-state index contributed by atoms with van der Waals surface area (Å²) < 4.78 is 11.1. The molecule has 0 bridgehead atoms. The Hall–Kier alpha value is -2.84. The summed E-state index contributed by atoms with van der Waals surface area (Å²) in [6.07, 6.45) is 1.63. The normalized spacial score (nSPS) is 15.2. The number of benzene rings is 2. The van der Waals surface area contributed by atoms with Gasteiger partial charge in [0.1, 0.15) is 0 Å². The van der Waals surface area contributed by atoms with E-state index in [1.807, 2.05) is 31.2 Å². The van der Waals surface area contributed by atoms with Gasteiger partial charge in [0.05, 0.1) is 17.7 Å². The Balaban J connectivity index is 1.97. The van der Waals surface area contributed by atoms with Crippen molar-refractivity contribution >= 4 is 51.9 Å². The molecule has 0 radical (unpaired) electrons. The third-order valence-electron chi connectivity index (χ3n) is 3.91. The van der Waals surface area contributed by atoms with Crippen molar-refractivity contribution in [3.8, 4) is 11.5 Å². The van der Waals surface area contributed by atoms with E-state index in [2.05, 4.69) is 0 Å². The third-order valence-corrected chi connectivity index (χ3v) is 5.21. The van der Waals surface area contributed by atoms with Gasteiger partial charge < -0.3 is 14.6 Å². The maximum absolute atomic E-state index is 12.9. The predicted molar refractivity (Wildman–Crippen MR) is 113 cm³/mol. The molecule has 2 aromatic carbocycles. The van der Waals surface area contributed by atoms with E-state index < -0.39 is 12.6 Å². The van der Waals surface area contributed by atoms with E-state index in [0.717, 1.165) is 5.56 Å². The van der Waals surface area contributed by atoms with Gasteiger partial charge in [-0.25, -0.2) is 4.79 Å². The number of thioether (sulfide) groups is 1. The SMILES string of the molecule is COc1cccc(/C=C2\SC(=S)N(c3cccc(C)c3)C2=O)c1OCC(=O)O. The molecule has 1 saturated heterocycles. The highest BCUT2D eigenvalue weighted by Gasteiger charge is 2.33. The van der Waals surface area contributed by atoms with Gasteiger partial charge >= 0.3 is 5.97 Å². The first kappa shape index (κ1) is 19.9. The van der Waals surface area contributed by atoms with Crippen LogP contribution in [-0.2, 0) is 9.59 Å². The predicted octanol–water partition coefficient (Wildman–Crippen LogP) is 3.87. The Morgan fingerprint density at radius 1 is 1.29 bits per heavy atom. The number of carbonyl (C=O) groups excluding carboxylic acids is 1. The number of aryl methyl sites for hydroxylation is 1. The van der Waals surface area contributed by atoms with Gasteiger partial charge in [-0.05, 0) is 36.8 Å². The Bertz CT molecular complexity index is 986. The van der Waals surface area contributed by atoms with Crippen LogP contribution in [0.4, 0.5) is 5.69 Å². The molecule has 1 aliphatic rings. The number of amides is 1. The number of hydrogen-bond donors (Lipinski definition) is 1. The van der Waals surface area contributed by atoms with Crippen LogP contribution in [0.3, 0.4) is 0 Å². The van der Waals surface area contributed by atoms with Crippen molar-refractivity contribution in [3.05, 3.63) is 58.5 Å². The number of methoxy groups -OCH3 is 1. The number of carboxylic acids is 1. The molecule has 0 unspecified atom stereocenters. The van der Waals surface area contributed by atoms with E-state index in [9.17, 15) is 9.59 Å². The van der Waals surface area contributed by atoms with Crippen LogP contribution in [0.15, 0.2) is 47.4 Å². The summed E-state index contributed by atoms with van der Waals surface area (Å²) in [6.45, 7) is 1.42. The average molecular weight is 415 g/mol. The van der Waals surface area contributed by atoms with Crippen molar-refractivity contribution in [2.24, 2.45) is 0 Å². The molecule has 1 heterocycles. The summed E-state index contributed by atoms with van der Waals surface area (Å²) in [4.78, 5) is 25.7. The second-order valence-corrected chi connectivity index (χ2v) is 7.59. The lowest BCUT2D eigenvalue weighted by Gasteiger charge is -2.15. The summed E-state index contributed by atoms with van der Waals surface area (Å²) in [6, 6.07) is 12.6. The molecule has 28 heavy (non-hydrogen) atoms. The topological polar surface area (TPSA) is 76.1 Å². The minimum atomic E-state index is -1.11. The van der Waals surface area contributed by atoms with E-state index >= 15 is 0 Å². The number of nitrogens with zero attached hydrogens (tertiary/aromatic N) is 1. The molecule has 1 aliphatic heterocycles. The van der Waals surface area contributed by atoms with Gasteiger partial charge in [-0.3, -0.25) is 9.69 Å². The quantitative estimate of drug-likeness (QED) is 0.567. The van der Waals surface area contributed by atoms with Gasteiger partial charge in [0.15, 0.2) is 22.4 Å². The van der Waals surface area contributed by atoms with Crippen LogP contribution in [-0.4, -0.2) is 35.0 Å². The number of hydrogen-bond acceptors (Lipinski definition) is 6. The molecule has 3 rings (SSSR count). The van der Waals surface area contributed by atoms with Gasteiger partial charge in [-0.2, -0.15) is 0 Å². The summed E-state index contributed by atoms with van der Waals surface area (Å²) in [5.74, 6) is -0.715. The van der Waals surface area contributed by atoms with Crippen LogP contribution in [0, 0.1) is 6.92 Å². The van der Waals surface area contributed by atoms with Gasteiger partial charge in [-0.1, -0.05) is 48.2 Å². The lowest BCUT2D eigenvalue weighted by atomic mass is 10.1. The lowest BCUT2D eigenvalue weighted by molar-refractivity contribution is -0.139. The van der Waals surface area contributed by atoms with Crippen LogP contribution in [0.1, 0.15) is 11.1 Å². The van der Waals surface area contributed by atoms with E-state index in [0.29, 0.717) is 26.2 Å². The third kappa shape index (κ3) is 4.18. The first-order valence-electron chi connectivity index (χ1n) is 8.27. The van der Waals surface area contributed by atoms with Crippen molar-refractivity contribution in [1.29, 1.82) is 0 Å². The monoisotopic (exact) mass is 415 g/mol. The van der Waals surface area contributed by atoms with Crippen molar-refractivity contribution in [1.82, 2.24) is 0 Å². The first-order chi connectivity index (χ1) is 13.4. The largest absolute Gasteiger partial charge is 0.493 e. The minimum Gasteiger partial charge on any atom is -0.493 e. The van der Waals surface area contributed by atoms with Crippen molar-refractivity contribution in [3.63, 3.8) is 0 Å². The number of thiocarbonyl (C=S) groups is 1.